The summed E-state index contributed by atoms with van der Waals surface area (Å²) in [6.45, 7) is 7.45. The molecule has 7 heteroatoms. The molecular weight excluding hydrogens is 436 g/mol. The van der Waals surface area contributed by atoms with Gasteiger partial charge in [-0.1, -0.05) is 26.0 Å². The maximum absolute atomic E-state index is 12.1. The maximum Gasteiger partial charge on any atom is 0.409 e. The number of rotatable bonds is 11. The lowest BCUT2D eigenvalue weighted by atomic mass is 9.98. The predicted molar refractivity (Wildman–Crippen MR) is 133 cm³/mol. The lowest BCUT2D eigenvalue weighted by Crippen LogP contribution is -2.40. The number of pyridine rings is 1. The highest BCUT2D eigenvalue weighted by atomic mass is 32.2. The van der Waals surface area contributed by atoms with E-state index in [2.05, 4.69) is 29.2 Å². The first-order valence-corrected chi connectivity index (χ1v) is 12.8. The van der Waals surface area contributed by atoms with Gasteiger partial charge >= 0.3 is 6.09 Å². The summed E-state index contributed by atoms with van der Waals surface area (Å²) >= 11 is 1.84. The van der Waals surface area contributed by atoms with E-state index in [0.717, 1.165) is 61.7 Å². The van der Waals surface area contributed by atoms with E-state index in [4.69, 9.17) is 14.2 Å². The Morgan fingerprint density at radius 3 is 2.55 bits per heavy atom. The Kier molecular flexibility index (Phi) is 10.3. The fourth-order valence-corrected chi connectivity index (χ4v) is 4.40. The Morgan fingerprint density at radius 2 is 1.91 bits per heavy atom. The van der Waals surface area contributed by atoms with Gasteiger partial charge in [-0.2, -0.15) is 0 Å². The molecule has 0 spiro atoms. The molecule has 2 aromatic rings. The van der Waals surface area contributed by atoms with Crippen molar-refractivity contribution >= 4 is 17.9 Å². The van der Waals surface area contributed by atoms with Crippen LogP contribution in [0.15, 0.2) is 47.5 Å². The topological polar surface area (TPSA) is 60.9 Å². The average molecular weight is 473 g/mol. The standard InChI is InChI=1S/C26H36N2O4S/c1-20(2)18-32-26(29)28-13-11-21(12-14-28)19-31-23-7-10-25(27-17-23)22-5-8-24(9-6-22)33-16-4-15-30-3/h5-10,17,20-21H,4,11-16,18-19H2,1-3H3. The van der Waals surface area contributed by atoms with Crippen molar-refractivity contribution in [3.63, 3.8) is 0 Å². The van der Waals surface area contributed by atoms with E-state index in [1.54, 1.807) is 18.2 Å². The van der Waals surface area contributed by atoms with Gasteiger partial charge < -0.3 is 19.1 Å². The molecule has 180 valence electrons. The summed E-state index contributed by atoms with van der Waals surface area (Å²) in [4.78, 5) is 19.7. The van der Waals surface area contributed by atoms with Gasteiger partial charge in [-0.15, -0.1) is 11.8 Å². The van der Waals surface area contributed by atoms with Crippen LogP contribution in [0.1, 0.15) is 33.1 Å². The molecule has 0 radical (unpaired) electrons. The maximum atomic E-state index is 12.1. The van der Waals surface area contributed by atoms with Gasteiger partial charge in [-0.3, -0.25) is 4.98 Å². The number of likely N-dealkylation sites (tertiary alicyclic amines) is 1. The van der Waals surface area contributed by atoms with E-state index < -0.39 is 0 Å². The van der Waals surface area contributed by atoms with Crippen LogP contribution in [0, 0.1) is 11.8 Å². The van der Waals surface area contributed by atoms with Gasteiger partial charge in [0.2, 0.25) is 0 Å². The number of nitrogens with zero attached hydrogens (tertiary/aromatic N) is 2. The van der Waals surface area contributed by atoms with Crippen LogP contribution in [0.3, 0.4) is 0 Å². The second kappa shape index (κ2) is 13.5. The van der Waals surface area contributed by atoms with Crippen LogP contribution in [0.2, 0.25) is 0 Å². The third-order valence-electron chi connectivity index (χ3n) is 5.55. The predicted octanol–water partition coefficient (Wildman–Crippen LogP) is 5.76. The fourth-order valence-electron chi connectivity index (χ4n) is 3.58. The highest BCUT2D eigenvalue weighted by molar-refractivity contribution is 7.99. The molecule has 6 nitrogen and oxygen atoms in total. The minimum absolute atomic E-state index is 0.194. The summed E-state index contributed by atoms with van der Waals surface area (Å²) < 4.78 is 16.4. The number of thioether (sulfide) groups is 1. The molecule has 1 aliphatic heterocycles. The fraction of sp³-hybridized carbons (Fsp3) is 0.538. The monoisotopic (exact) mass is 472 g/mol. The number of carbonyl (C=O) groups excluding carboxylic acids is 1. The zero-order valence-electron chi connectivity index (χ0n) is 20.0. The molecule has 0 atom stereocenters. The molecule has 3 rings (SSSR count). The van der Waals surface area contributed by atoms with E-state index in [1.807, 2.05) is 37.7 Å². The van der Waals surface area contributed by atoms with Crippen LogP contribution in [0.25, 0.3) is 11.3 Å². The number of piperidine rings is 1. The minimum Gasteiger partial charge on any atom is -0.492 e. The van der Waals surface area contributed by atoms with Gasteiger partial charge in [-0.05, 0) is 55.4 Å². The number of amides is 1. The lowest BCUT2D eigenvalue weighted by molar-refractivity contribution is 0.0733. The van der Waals surface area contributed by atoms with Gasteiger partial charge in [0, 0.05) is 43.0 Å². The normalized spacial score (nSPS) is 14.5. The van der Waals surface area contributed by atoms with Crippen LogP contribution >= 0.6 is 11.8 Å². The number of hydrogen-bond donors (Lipinski definition) is 0. The zero-order valence-corrected chi connectivity index (χ0v) is 20.8. The zero-order chi connectivity index (χ0) is 23.5. The molecule has 0 aliphatic carbocycles. The van der Waals surface area contributed by atoms with Crippen molar-refractivity contribution in [1.29, 1.82) is 0 Å². The van der Waals surface area contributed by atoms with Crippen molar-refractivity contribution in [2.24, 2.45) is 11.8 Å². The van der Waals surface area contributed by atoms with E-state index in [9.17, 15) is 4.79 Å². The summed E-state index contributed by atoms with van der Waals surface area (Å²) in [7, 11) is 1.74. The molecule has 0 bridgehead atoms. The molecule has 33 heavy (non-hydrogen) atoms. The number of methoxy groups -OCH3 is 1. The van der Waals surface area contributed by atoms with Crippen molar-refractivity contribution < 1.29 is 19.0 Å². The average Bonchev–Trinajstić information content (AvgIpc) is 2.85. The second-order valence-corrected chi connectivity index (χ2v) is 9.98. The number of carbonyl (C=O) groups is 1. The summed E-state index contributed by atoms with van der Waals surface area (Å²) in [5.74, 6) is 2.63. The second-order valence-electron chi connectivity index (χ2n) is 8.81. The summed E-state index contributed by atoms with van der Waals surface area (Å²) in [5.41, 5.74) is 2.03. The minimum atomic E-state index is -0.194. The number of benzene rings is 1. The highest BCUT2D eigenvalue weighted by Crippen LogP contribution is 2.25. The Labute approximate surface area is 202 Å². The first kappa shape index (κ1) is 25.4. The Morgan fingerprint density at radius 1 is 1.15 bits per heavy atom. The van der Waals surface area contributed by atoms with Gasteiger partial charge in [0.05, 0.1) is 25.1 Å². The third-order valence-corrected chi connectivity index (χ3v) is 6.64. The molecular formula is C26H36N2O4S. The van der Waals surface area contributed by atoms with E-state index in [1.165, 1.54) is 4.90 Å². The first-order valence-electron chi connectivity index (χ1n) is 11.8. The van der Waals surface area contributed by atoms with Crippen LogP contribution < -0.4 is 4.74 Å². The molecule has 1 aliphatic rings. The smallest absolute Gasteiger partial charge is 0.409 e. The van der Waals surface area contributed by atoms with Crippen molar-refractivity contribution in [1.82, 2.24) is 9.88 Å². The lowest BCUT2D eigenvalue weighted by Gasteiger charge is -2.31. The molecule has 2 heterocycles. The van der Waals surface area contributed by atoms with Gasteiger partial charge in [-0.25, -0.2) is 4.79 Å². The SMILES string of the molecule is COCCCSc1ccc(-c2ccc(OCC3CCN(C(=O)OCC(C)C)CC3)cn2)cc1. The molecule has 1 aromatic heterocycles. The first-order chi connectivity index (χ1) is 16.0. The van der Waals surface area contributed by atoms with E-state index in [0.29, 0.717) is 25.0 Å². The molecule has 0 saturated carbocycles. The number of ether oxygens (including phenoxy) is 3. The molecule has 1 aromatic carbocycles. The van der Waals surface area contributed by atoms with Crippen LogP contribution in [-0.4, -0.2) is 61.7 Å². The van der Waals surface area contributed by atoms with E-state index in [-0.39, 0.29) is 6.09 Å². The molecule has 1 fully saturated rings. The van der Waals surface area contributed by atoms with Crippen LogP contribution in [0.4, 0.5) is 4.79 Å². The van der Waals surface area contributed by atoms with Crippen molar-refractivity contribution in [3.8, 4) is 17.0 Å². The Hall–Kier alpha value is -2.25. The molecule has 1 amide bonds. The Bertz CT molecular complexity index is 834. The van der Waals surface area contributed by atoms with Gasteiger partial charge in [0.15, 0.2) is 0 Å². The Balaban J connectivity index is 1.40. The summed E-state index contributed by atoms with van der Waals surface area (Å²) in [6.07, 6.45) is 4.51. The third kappa shape index (κ3) is 8.55. The quantitative estimate of drug-likeness (QED) is 0.306. The van der Waals surface area contributed by atoms with Gasteiger partial charge in [0.25, 0.3) is 0 Å². The van der Waals surface area contributed by atoms with Crippen molar-refractivity contribution in [3.05, 3.63) is 42.6 Å². The number of hydrogen-bond acceptors (Lipinski definition) is 6. The number of aromatic nitrogens is 1. The largest absolute Gasteiger partial charge is 0.492 e. The van der Waals surface area contributed by atoms with Crippen molar-refractivity contribution in [2.75, 3.05) is 45.8 Å². The van der Waals surface area contributed by atoms with Gasteiger partial charge in [0.1, 0.15) is 5.75 Å². The summed E-state index contributed by atoms with van der Waals surface area (Å²) in [6, 6.07) is 12.5. The molecule has 1 saturated heterocycles. The van der Waals surface area contributed by atoms with E-state index >= 15 is 0 Å². The summed E-state index contributed by atoms with van der Waals surface area (Å²) in [5, 5.41) is 0. The van der Waals surface area contributed by atoms with Crippen molar-refractivity contribution in [2.45, 2.75) is 38.0 Å². The molecule has 0 unspecified atom stereocenters. The molecule has 0 N–H and O–H groups in total. The van der Waals surface area contributed by atoms with Crippen LogP contribution in [-0.2, 0) is 9.47 Å². The van der Waals surface area contributed by atoms with Crippen LogP contribution in [0.5, 0.6) is 5.75 Å². The highest BCUT2D eigenvalue weighted by Gasteiger charge is 2.24.